The van der Waals surface area contributed by atoms with Gasteiger partial charge in [-0.25, -0.2) is 4.98 Å². The van der Waals surface area contributed by atoms with E-state index < -0.39 is 0 Å². The molecule has 0 unspecified atom stereocenters. The summed E-state index contributed by atoms with van der Waals surface area (Å²) in [6.07, 6.45) is 1.11. The van der Waals surface area contributed by atoms with Crippen LogP contribution >= 0.6 is 11.6 Å². The molecule has 1 fully saturated rings. The number of aromatic nitrogens is 2. The number of hydrogen-bond acceptors (Lipinski definition) is 5. The van der Waals surface area contributed by atoms with E-state index in [0.717, 1.165) is 19.5 Å². The largest absolute Gasteiger partial charge is 0.368 e. The molecule has 94 valence electrons. The Morgan fingerprint density at radius 2 is 2.29 bits per heavy atom. The van der Waals surface area contributed by atoms with Gasteiger partial charge in [0.25, 0.3) is 0 Å². The average molecular weight is 256 g/mol. The highest BCUT2D eigenvalue weighted by Gasteiger charge is 2.24. The zero-order chi connectivity index (χ0) is 12.4. The minimum atomic E-state index is 0.207. The van der Waals surface area contributed by atoms with Gasteiger partial charge in [0.05, 0.1) is 0 Å². The van der Waals surface area contributed by atoms with Crippen molar-refractivity contribution in [3.63, 3.8) is 0 Å². The van der Waals surface area contributed by atoms with Crippen LogP contribution in [0.5, 0.6) is 0 Å². The van der Waals surface area contributed by atoms with Gasteiger partial charge in [-0.15, -0.1) is 0 Å². The van der Waals surface area contributed by atoms with E-state index in [1.54, 1.807) is 6.07 Å². The predicted octanol–water partition coefficient (Wildman–Crippen LogP) is 1.61. The monoisotopic (exact) mass is 255 g/mol. The lowest BCUT2D eigenvalue weighted by Crippen LogP contribution is -2.31. The topological polar surface area (TPSA) is 67.1 Å². The van der Waals surface area contributed by atoms with Crippen molar-refractivity contribution in [3.8, 4) is 0 Å². The first kappa shape index (κ1) is 12.4. The lowest BCUT2D eigenvalue weighted by molar-refractivity contribution is 0.274. The summed E-state index contributed by atoms with van der Waals surface area (Å²) in [5.74, 6) is 0.914. The van der Waals surface area contributed by atoms with Crippen molar-refractivity contribution >= 4 is 23.4 Å². The molecule has 1 aromatic heterocycles. The Bertz CT molecular complexity index is 375. The molecule has 17 heavy (non-hydrogen) atoms. The second kappa shape index (κ2) is 5.06. The number of nitrogen functional groups attached to an aromatic ring is 1. The maximum Gasteiger partial charge on any atom is 0.223 e. The van der Waals surface area contributed by atoms with Gasteiger partial charge < -0.3 is 11.1 Å². The molecule has 1 aromatic rings. The fourth-order valence-corrected chi connectivity index (χ4v) is 2.28. The molecule has 1 saturated heterocycles. The first-order chi connectivity index (χ1) is 8.04. The van der Waals surface area contributed by atoms with Crippen LogP contribution in [0, 0.1) is 0 Å². The Kier molecular flexibility index (Phi) is 3.69. The zero-order valence-corrected chi connectivity index (χ0v) is 10.9. The van der Waals surface area contributed by atoms with E-state index in [0.29, 0.717) is 23.1 Å². The summed E-state index contributed by atoms with van der Waals surface area (Å²) in [4.78, 5) is 10.4. The van der Waals surface area contributed by atoms with Crippen molar-refractivity contribution in [2.45, 2.75) is 32.4 Å². The van der Waals surface area contributed by atoms with E-state index in [9.17, 15) is 0 Å². The third-order valence-electron chi connectivity index (χ3n) is 3.01. The van der Waals surface area contributed by atoms with E-state index >= 15 is 0 Å². The number of hydrogen-bond donors (Lipinski definition) is 2. The van der Waals surface area contributed by atoms with Crippen LogP contribution in [0.1, 0.15) is 20.3 Å². The van der Waals surface area contributed by atoms with Crippen molar-refractivity contribution in [2.75, 3.05) is 24.1 Å². The van der Waals surface area contributed by atoms with Crippen LogP contribution < -0.4 is 11.1 Å². The van der Waals surface area contributed by atoms with Crippen molar-refractivity contribution < 1.29 is 0 Å². The minimum Gasteiger partial charge on any atom is -0.368 e. The molecule has 0 amide bonds. The molecular weight excluding hydrogens is 238 g/mol. The van der Waals surface area contributed by atoms with Gasteiger partial charge in [-0.1, -0.05) is 11.6 Å². The molecule has 0 saturated carbocycles. The number of likely N-dealkylation sites (tertiary alicyclic amines) is 1. The van der Waals surface area contributed by atoms with E-state index in [4.69, 9.17) is 17.3 Å². The fraction of sp³-hybridized carbons (Fsp3) is 0.636. The van der Waals surface area contributed by atoms with Crippen molar-refractivity contribution in [2.24, 2.45) is 0 Å². The maximum absolute atomic E-state index is 5.83. The summed E-state index contributed by atoms with van der Waals surface area (Å²) in [5, 5.41) is 3.72. The Hall–Kier alpha value is -1.07. The molecule has 0 bridgehead atoms. The Balaban J connectivity index is 1.98. The maximum atomic E-state index is 5.83. The van der Waals surface area contributed by atoms with Crippen LogP contribution in [-0.2, 0) is 0 Å². The second-order valence-corrected chi connectivity index (χ2v) is 5.04. The number of rotatable bonds is 3. The van der Waals surface area contributed by atoms with Gasteiger partial charge in [-0.05, 0) is 20.3 Å². The van der Waals surface area contributed by atoms with Crippen LogP contribution in [-0.4, -0.2) is 40.0 Å². The normalized spacial score (nSPS) is 21.1. The predicted molar refractivity (Wildman–Crippen MR) is 70.2 cm³/mol. The van der Waals surface area contributed by atoms with Crippen molar-refractivity contribution in [3.05, 3.63) is 11.2 Å². The summed E-state index contributed by atoms with van der Waals surface area (Å²) in [6, 6.07) is 2.69. The van der Waals surface area contributed by atoms with Crippen LogP contribution in [0.25, 0.3) is 0 Å². The van der Waals surface area contributed by atoms with Gasteiger partial charge >= 0.3 is 0 Å². The molecule has 2 rings (SSSR count). The minimum absolute atomic E-state index is 0.207. The quantitative estimate of drug-likeness (QED) is 0.804. The number of nitrogens with zero attached hydrogens (tertiary/aromatic N) is 3. The standard InChI is InChI=1S/C11H18ClN5/c1-7(2)17-4-3-8(6-17)14-10-5-9(12)15-11(13)16-10/h5,7-8H,3-4,6H2,1-2H3,(H3,13,14,15,16)/t8-/m1/s1. The number of anilines is 2. The highest BCUT2D eigenvalue weighted by atomic mass is 35.5. The Morgan fingerprint density at radius 3 is 2.88 bits per heavy atom. The summed E-state index contributed by atoms with van der Waals surface area (Å²) >= 11 is 5.83. The van der Waals surface area contributed by atoms with Gasteiger partial charge in [0, 0.05) is 31.2 Å². The number of nitrogens with two attached hydrogens (primary N) is 1. The zero-order valence-electron chi connectivity index (χ0n) is 10.2. The first-order valence-electron chi connectivity index (χ1n) is 5.85. The number of halogens is 1. The molecular formula is C11H18ClN5. The molecule has 5 nitrogen and oxygen atoms in total. The summed E-state index contributed by atoms with van der Waals surface area (Å²) in [6.45, 7) is 6.56. The van der Waals surface area contributed by atoms with Gasteiger partial charge in [-0.3, -0.25) is 4.90 Å². The van der Waals surface area contributed by atoms with Crippen LogP contribution in [0.15, 0.2) is 6.07 Å². The summed E-state index contributed by atoms with van der Waals surface area (Å²) in [5.41, 5.74) is 5.55. The lowest BCUT2D eigenvalue weighted by Gasteiger charge is -2.20. The second-order valence-electron chi connectivity index (χ2n) is 4.65. The van der Waals surface area contributed by atoms with Gasteiger partial charge in [0.15, 0.2) is 0 Å². The lowest BCUT2D eigenvalue weighted by atomic mass is 10.2. The smallest absolute Gasteiger partial charge is 0.223 e. The molecule has 1 aliphatic heterocycles. The molecule has 3 N–H and O–H groups in total. The van der Waals surface area contributed by atoms with Crippen molar-refractivity contribution in [1.29, 1.82) is 0 Å². The molecule has 0 aromatic carbocycles. The summed E-state index contributed by atoms with van der Waals surface area (Å²) < 4.78 is 0. The van der Waals surface area contributed by atoms with Crippen LogP contribution in [0.4, 0.5) is 11.8 Å². The highest BCUT2D eigenvalue weighted by molar-refractivity contribution is 6.29. The van der Waals surface area contributed by atoms with E-state index in [1.165, 1.54) is 0 Å². The van der Waals surface area contributed by atoms with Crippen LogP contribution in [0.2, 0.25) is 5.15 Å². The highest BCUT2D eigenvalue weighted by Crippen LogP contribution is 2.18. The molecule has 1 aliphatic rings. The van der Waals surface area contributed by atoms with Gasteiger partial charge in [-0.2, -0.15) is 4.98 Å². The third-order valence-corrected chi connectivity index (χ3v) is 3.21. The fourth-order valence-electron chi connectivity index (χ4n) is 2.09. The number of nitrogens with one attached hydrogen (secondary N) is 1. The first-order valence-corrected chi connectivity index (χ1v) is 6.23. The van der Waals surface area contributed by atoms with Crippen LogP contribution in [0.3, 0.4) is 0 Å². The molecule has 2 heterocycles. The summed E-state index contributed by atoms with van der Waals surface area (Å²) in [7, 11) is 0. The van der Waals surface area contributed by atoms with E-state index in [2.05, 4.69) is 34.0 Å². The van der Waals surface area contributed by atoms with Gasteiger partial charge in [0.2, 0.25) is 5.95 Å². The Labute approximate surface area is 106 Å². The van der Waals surface area contributed by atoms with Gasteiger partial charge in [0.1, 0.15) is 11.0 Å². The van der Waals surface area contributed by atoms with Crippen molar-refractivity contribution in [1.82, 2.24) is 14.9 Å². The molecule has 1 atom stereocenters. The molecule has 0 aliphatic carbocycles. The molecule has 0 spiro atoms. The third kappa shape index (κ3) is 3.20. The Morgan fingerprint density at radius 1 is 1.53 bits per heavy atom. The molecule has 0 radical (unpaired) electrons. The van der Waals surface area contributed by atoms with E-state index in [1.807, 2.05) is 0 Å². The van der Waals surface area contributed by atoms with E-state index in [-0.39, 0.29) is 5.95 Å². The molecule has 6 heteroatoms. The average Bonchev–Trinajstić information content (AvgIpc) is 2.64. The SMILES string of the molecule is CC(C)N1CC[C@@H](Nc2cc(Cl)nc(N)n2)C1.